The molecule has 0 aromatic rings. The van der Waals surface area contributed by atoms with Crippen LogP contribution in [-0.4, -0.2) is 13.3 Å². The Morgan fingerprint density at radius 2 is 1.60 bits per heavy atom. The number of hydrogen-bond acceptors (Lipinski definition) is 4. The fourth-order valence-electron chi connectivity index (χ4n) is 0. The number of nitrogens with zero attached hydrogens (tertiary/aromatic N) is 1. The van der Waals surface area contributed by atoms with Crippen molar-refractivity contribution in [1.82, 2.24) is 0 Å². The van der Waals surface area contributed by atoms with E-state index in [1.807, 2.05) is 0 Å². The molecule has 0 heterocycles. The van der Waals surface area contributed by atoms with E-state index >= 15 is 0 Å². The van der Waals surface area contributed by atoms with Crippen molar-refractivity contribution in [3.05, 3.63) is 0 Å². The van der Waals surface area contributed by atoms with Gasteiger partial charge >= 0.3 is 59.1 Å². The number of thiocyanates is 1. The van der Waals surface area contributed by atoms with E-state index in [4.69, 9.17) is 18.6 Å². The molecule has 0 bridgehead atoms. The maximum atomic E-state index is 9.11. The average Bonchev–Trinajstić information content (AvgIpc) is 1.27. The molecule has 0 aliphatic heterocycles. The fraction of sp³-hybridized carbons (Fsp3) is 0. The fourth-order valence-corrected chi connectivity index (χ4v) is 0. The Morgan fingerprint density at radius 1 is 1.60 bits per heavy atom. The monoisotopic (exact) mass is 221 g/mol. The van der Waals surface area contributed by atoms with Crippen LogP contribution in [0, 0.1) is 10.7 Å². The van der Waals surface area contributed by atoms with Gasteiger partial charge in [0.2, 0.25) is 0 Å². The molecule has 0 aliphatic rings. The first kappa shape index (κ1) is 22.7. The van der Waals surface area contributed by atoms with Gasteiger partial charge in [0.05, 0.1) is 0 Å². The van der Waals surface area contributed by atoms with Crippen LogP contribution in [0.25, 0.3) is 0 Å². The van der Waals surface area contributed by atoms with E-state index in [1.54, 1.807) is 0 Å². The molecular weight excluding hydrogens is 216 g/mol. The van der Waals surface area contributed by atoms with Crippen LogP contribution in [0.15, 0.2) is 0 Å². The molecule has 10 heavy (non-hydrogen) atoms. The van der Waals surface area contributed by atoms with Gasteiger partial charge in [0.15, 0.2) is 0 Å². The van der Waals surface area contributed by atoms with Gasteiger partial charge in [0.1, 0.15) is 5.40 Å². The third kappa shape index (κ3) is 186. The normalized spacial score (nSPS) is 6.60. The van der Waals surface area contributed by atoms with Gasteiger partial charge < -0.3 is 2.85 Å². The SMILES string of the molecule is N#CS.O=S(O)(O)=S.[H-].[H-].[Na+].[Na+]. The van der Waals surface area contributed by atoms with Crippen molar-refractivity contribution in [2.45, 2.75) is 0 Å². The summed E-state index contributed by atoms with van der Waals surface area (Å²) >= 11 is 6.56. The van der Waals surface area contributed by atoms with Crippen LogP contribution in [0.2, 0.25) is 0 Å². The van der Waals surface area contributed by atoms with Crippen molar-refractivity contribution < 1.29 is 75.3 Å². The number of rotatable bonds is 0. The molecule has 0 amide bonds. The Kier molecular flexibility index (Phi) is 31.1. The van der Waals surface area contributed by atoms with Gasteiger partial charge in [-0.1, -0.05) is 12.6 Å². The summed E-state index contributed by atoms with van der Waals surface area (Å²) in [4.78, 5) is 0. The second-order valence-electron chi connectivity index (χ2n) is 0.548. The minimum Gasteiger partial charge on any atom is -1.00 e. The zero-order chi connectivity index (χ0) is 7.21. The number of thiol groups is 1. The van der Waals surface area contributed by atoms with E-state index in [0.29, 0.717) is 0 Å². The Morgan fingerprint density at radius 3 is 1.60 bits per heavy atom. The molecule has 0 saturated heterocycles. The Balaban J connectivity index is -0.0000000119. The van der Waals surface area contributed by atoms with Gasteiger partial charge in [0.25, 0.3) is 9.05 Å². The first-order valence-electron chi connectivity index (χ1n) is 1.15. The minimum atomic E-state index is -3.83. The number of hydrogen-bond donors (Lipinski definition) is 3. The van der Waals surface area contributed by atoms with Crippen molar-refractivity contribution >= 4 is 32.9 Å². The van der Waals surface area contributed by atoms with Gasteiger partial charge in [-0.25, -0.2) is 0 Å². The molecule has 0 saturated carbocycles. The second kappa shape index (κ2) is 13.7. The summed E-state index contributed by atoms with van der Waals surface area (Å²) in [6.45, 7) is 0. The molecule has 0 spiro atoms. The van der Waals surface area contributed by atoms with Gasteiger partial charge in [-0.05, 0) is 0 Å². The van der Waals surface area contributed by atoms with Crippen LogP contribution in [0.5, 0.6) is 0 Å². The van der Waals surface area contributed by atoms with Crippen LogP contribution in [0.4, 0.5) is 0 Å². The first-order valence-corrected chi connectivity index (χ1v) is 3.99. The van der Waals surface area contributed by atoms with Crippen LogP contribution in [0.1, 0.15) is 2.85 Å². The molecule has 0 aromatic heterocycles. The van der Waals surface area contributed by atoms with Crippen molar-refractivity contribution in [2.24, 2.45) is 0 Å². The third-order valence-electron chi connectivity index (χ3n) is 0. The van der Waals surface area contributed by atoms with E-state index in [2.05, 4.69) is 23.8 Å². The molecule has 0 aromatic carbocycles. The minimum absolute atomic E-state index is 0. The summed E-state index contributed by atoms with van der Waals surface area (Å²) in [6, 6.07) is 0. The van der Waals surface area contributed by atoms with Crippen molar-refractivity contribution in [1.29, 1.82) is 5.26 Å². The van der Waals surface area contributed by atoms with E-state index < -0.39 is 9.05 Å². The zero-order valence-corrected chi connectivity index (χ0v) is 12.0. The topological polar surface area (TPSA) is 81.3 Å². The van der Waals surface area contributed by atoms with Crippen molar-refractivity contribution in [2.75, 3.05) is 0 Å². The predicted octanol–water partition coefficient (Wildman–Crippen LogP) is -5.69. The second-order valence-corrected chi connectivity index (χ2v) is 2.95. The first-order chi connectivity index (χ1) is 3.41. The average molecular weight is 221 g/mol. The van der Waals surface area contributed by atoms with E-state index in [1.165, 1.54) is 5.40 Å². The molecule has 2 N–H and O–H groups in total. The number of nitriles is 1. The zero-order valence-electron chi connectivity index (χ0n) is 7.51. The summed E-state index contributed by atoms with van der Waals surface area (Å²) < 4.78 is 24.0. The smallest absolute Gasteiger partial charge is 1.00 e. The molecule has 4 nitrogen and oxygen atoms in total. The summed E-state index contributed by atoms with van der Waals surface area (Å²) in [5.41, 5.74) is 0. The summed E-state index contributed by atoms with van der Waals surface area (Å²) in [7, 11) is -3.83. The van der Waals surface area contributed by atoms with E-state index in [-0.39, 0.29) is 62.0 Å². The van der Waals surface area contributed by atoms with Gasteiger partial charge in [-0.2, -0.15) is 9.47 Å². The third-order valence-corrected chi connectivity index (χ3v) is 0. The molecule has 9 heteroatoms. The quantitative estimate of drug-likeness (QED) is 0.216. The maximum Gasteiger partial charge on any atom is 1.00 e. The van der Waals surface area contributed by atoms with Gasteiger partial charge in [-0.15, -0.1) is 0 Å². The molecule has 0 atom stereocenters. The summed E-state index contributed by atoms with van der Waals surface area (Å²) in [5.74, 6) is 0. The van der Waals surface area contributed by atoms with Crippen LogP contribution < -0.4 is 59.1 Å². The van der Waals surface area contributed by atoms with E-state index in [0.717, 1.165) is 0 Å². The molecule has 52 valence electrons. The Labute approximate surface area is 117 Å². The van der Waals surface area contributed by atoms with Crippen molar-refractivity contribution in [3.63, 3.8) is 0 Å². The van der Waals surface area contributed by atoms with Crippen LogP contribution >= 0.6 is 12.6 Å². The van der Waals surface area contributed by atoms with Crippen molar-refractivity contribution in [3.8, 4) is 5.40 Å². The molecule has 0 radical (unpaired) electrons. The van der Waals surface area contributed by atoms with Gasteiger partial charge in [-0.3, -0.25) is 9.11 Å². The molecule has 0 fully saturated rings. The van der Waals surface area contributed by atoms with E-state index in [9.17, 15) is 0 Å². The maximum absolute atomic E-state index is 9.11. The largest absolute Gasteiger partial charge is 1.00 e. The molecule has 0 aliphatic carbocycles. The summed E-state index contributed by atoms with van der Waals surface area (Å²) in [6.07, 6.45) is 0. The summed E-state index contributed by atoms with van der Waals surface area (Å²) in [5, 5.41) is 8.63. The predicted molar refractivity (Wildman–Crippen MR) is 37.6 cm³/mol. The van der Waals surface area contributed by atoms with Crippen LogP contribution in [0.3, 0.4) is 0 Å². The Bertz CT molecular complexity index is 170. The molecule has 0 unspecified atom stereocenters. The Hall–Kier alpha value is 2.13. The van der Waals surface area contributed by atoms with Crippen LogP contribution in [-0.2, 0) is 20.2 Å². The van der Waals surface area contributed by atoms with Gasteiger partial charge in [0, 0.05) is 11.2 Å². The standard InChI is InChI=1S/CHNS.2Na.H2O3S2.2H/c2-1-3;;;1-5(2,3)4;;/h3H;;;(H2,1,2,3,4);;/q;2*+1;;2*-1. The molecule has 0 rings (SSSR count). The molecular formula is CH5NNa2O3S3.